The number of hydrogen-bond acceptors (Lipinski definition) is 4. The minimum absolute atomic E-state index is 0. The average Bonchev–Trinajstić information content (AvgIpc) is 2.52. The van der Waals surface area contributed by atoms with Crippen LogP contribution in [0.5, 0.6) is 11.5 Å². The number of nitrogens with one attached hydrogen (secondary N) is 1. The van der Waals surface area contributed by atoms with E-state index in [9.17, 15) is 4.79 Å². The maximum absolute atomic E-state index is 12.5. The number of ether oxygens (including phenoxy) is 2. The van der Waals surface area contributed by atoms with Crippen LogP contribution in [0.4, 0.5) is 0 Å². The SMILES string of the molecule is CCCOc1c(Cl)cc(C(=O)NC(C)(CN)C(C)C)cc1OC.Cl. The van der Waals surface area contributed by atoms with Gasteiger partial charge in [0.25, 0.3) is 5.91 Å². The van der Waals surface area contributed by atoms with Crippen molar-refractivity contribution in [3.8, 4) is 11.5 Å². The van der Waals surface area contributed by atoms with Gasteiger partial charge in [0.2, 0.25) is 0 Å². The van der Waals surface area contributed by atoms with Gasteiger partial charge in [-0.2, -0.15) is 0 Å². The number of rotatable bonds is 8. The zero-order valence-corrected chi connectivity index (χ0v) is 16.5. The first-order chi connectivity index (χ1) is 10.8. The van der Waals surface area contributed by atoms with Gasteiger partial charge in [0, 0.05) is 12.1 Å². The van der Waals surface area contributed by atoms with Crippen molar-refractivity contribution in [1.29, 1.82) is 0 Å². The van der Waals surface area contributed by atoms with E-state index in [1.54, 1.807) is 12.1 Å². The van der Waals surface area contributed by atoms with Crippen LogP contribution < -0.4 is 20.5 Å². The summed E-state index contributed by atoms with van der Waals surface area (Å²) in [6.07, 6.45) is 0.852. The maximum Gasteiger partial charge on any atom is 0.251 e. The topological polar surface area (TPSA) is 73.6 Å². The smallest absolute Gasteiger partial charge is 0.251 e. The average molecular weight is 379 g/mol. The Labute approximate surface area is 155 Å². The summed E-state index contributed by atoms with van der Waals surface area (Å²) in [5, 5.41) is 3.33. The Kier molecular flexibility index (Phi) is 9.48. The highest BCUT2D eigenvalue weighted by molar-refractivity contribution is 6.32. The summed E-state index contributed by atoms with van der Waals surface area (Å²) in [6, 6.07) is 3.21. The van der Waals surface area contributed by atoms with Crippen LogP contribution in [0.2, 0.25) is 5.02 Å². The number of methoxy groups -OCH3 is 1. The van der Waals surface area contributed by atoms with Crippen molar-refractivity contribution in [3.05, 3.63) is 22.7 Å². The van der Waals surface area contributed by atoms with Gasteiger partial charge in [0.05, 0.1) is 24.3 Å². The zero-order chi connectivity index (χ0) is 17.6. The van der Waals surface area contributed by atoms with E-state index in [1.165, 1.54) is 7.11 Å². The highest BCUT2D eigenvalue weighted by Crippen LogP contribution is 2.36. The van der Waals surface area contributed by atoms with Crippen molar-refractivity contribution in [3.63, 3.8) is 0 Å². The number of halogens is 2. The van der Waals surface area contributed by atoms with Crippen LogP contribution in [0.25, 0.3) is 0 Å². The van der Waals surface area contributed by atoms with Gasteiger partial charge in [0.1, 0.15) is 0 Å². The molecule has 1 unspecified atom stereocenters. The van der Waals surface area contributed by atoms with Crippen LogP contribution in [0.3, 0.4) is 0 Å². The van der Waals surface area contributed by atoms with E-state index in [0.29, 0.717) is 35.2 Å². The molecule has 1 atom stereocenters. The number of carbonyl (C=O) groups excluding carboxylic acids is 1. The number of benzene rings is 1. The van der Waals surface area contributed by atoms with Crippen molar-refractivity contribution in [2.75, 3.05) is 20.3 Å². The Morgan fingerprint density at radius 3 is 2.50 bits per heavy atom. The summed E-state index contributed by atoms with van der Waals surface area (Å²) in [6.45, 7) is 8.83. The van der Waals surface area contributed by atoms with Gasteiger partial charge in [-0.3, -0.25) is 4.79 Å². The molecule has 0 aliphatic heterocycles. The van der Waals surface area contributed by atoms with E-state index >= 15 is 0 Å². The van der Waals surface area contributed by atoms with Crippen molar-refractivity contribution < 1.29 is 14.3 Å². The van der Waals surface area contributed by atoms with E-state index in [1.807, 2.05) is 27.7 Å². The van der Waals surface area contributed by atoms with E-state index in [0.717, 1.165) is 6.42 Å². The molecule has 0 aromatic heterocycles. The molecule has 1 rings (SSSR count). The molecule has 3 N–H and O–H groups in total. The minimum Gasteiger partial charge on any atom is -0.493 e. The molecule has 1 amide bonds. The summed E-state index contributed by atoms with van der Waals surface area (Å²) < 4.78 is 10.9. The van der Waals surface area contributed by atoms with E-state index in [2.05, 4.69) is 5.32 Å². The molecule has 1 aromatic carbocycles. The van der Waals surface area contributed by atoms with Crippen LogP contribution in [0.1, 0.15) is 44.5 Å². The molecule has 0 fully saturated rings. The van der Waals surface area contributed by atoms with Gasteiger partial charge in [-0.15, -0.1) is 12.4 Å². The van der Waals surface area contributed by atoms with Crippen LogP contribution >= 0.6 is 24.0 Å². The third-order valence-corrected chi connectivity index (χ3v) is 4.32. The van der Waals surface area contributed by atoms with Crippen molar-refractivity contribution in [2.24, 2.45) is 11.7 Å². The first kappa shape index (κ1) is 22.8. The van der Waals surface area contributed by atoms with E-state index < -0.39 is 5.54 Å². The molecule has 0 aliphatic carbocycles. The molecule has 1 aromatic rings. The van der Waals surface area contributed by atoms with Crippen LogP contribution in [-0.2, 0) is 0 Å². The van der Waals surface area contributed by atoms with Gasteiger partial charge in [-0.05, 0) is 31.4 Å². The molecule has 0 spiro atoms. The lowest BCUT2D eigenvalue weighted by Gasteiger charge is -2.33. The highest BCUT2D eigenvalue weighted by atomic mass is 35.5. The fourth-order valence-electron chi connectivity index (χ4n) is 1.96. The monoisotopic (exact) mass is 378 g/mol. The lowest BCUT2D eigenvalue weighted by Crippen LogP contribution is -2.55. The second-order valence-electron chi connectivity index (χ2n) is 6.07. The molecule has 24 heavy (non-hydrogen) atoms. The highest BCUT2D eigenvalue weighted by Gasteiger charge is 2.29. The number of amides is 1. The number of nitrogens with two attached hydrogens (primary N) is 1. The molecule has 0 saturated carbocycles. The van der Waals surface area contributed by atoms with Crippen molar-refractivity contribution in [1.82, 2.24) is 5.32 Å². The Hall–Kier alpha value is -1.17. The first-order valence-corrected chi connectivity index (χ1v) is 8.19. The Morgan fingerprint density at radius 1 is 1.42 bits per heavy atom. The third kappa shape index (κ3) is 5.43. The van der Waals surface area contributed by atoms with E-state index in [-0.39, 0.29) is 24.2 Å². The summed E-state index contributed by atoms with van der Waals surface area (Å²) in [4.78, 5) is 12.5. The predicted octanol–water partition coefficient (Wildman–Crippen LogP) is 3.66. The molecule has 0 heterocycles. The minimum atomic E-state index is -0.492. The second kappa shape index (κ2) is 9.97. The van der Waals surface area contributed by atoms with Crippen LogP contribution in [-0.4, -0.2) is 31.7 Å². The molecule has 7 heteroatoms. The largest absolute Gasteiger partial charge is 0.493 e. The summed E-state index contributed by atoms with van der Waals surface area (Å²) in [7, 11) is 1.52. The first-order valence-electron chi connectivity index (χ1n) is 7.82. The number of carbonyl (C=O) groups is 1. The Morgan fingerprint density at radius 2 is 2.04 bits per heavy atom. The fraction of sp³-hybridized carbons (Fsp3) is 0.588. The molecule has 0 radical (unpaired) electrons. The summed E-state index contributed by atoms with van der Waals surface area (Å²) in [5.41, 5.74) is 5.73. The Balaban J connectivity index is 0.00000529. The second-order valence-corrected chi connectivity index (χ2v) is 6.48. The van der Waals surface area contributed by atoms with E-state index in [4.69, 9.17) is 26.8 Å². The van der Waals surface area contributed by atoms with Crippen molar-refractivity contribution >= 4 is 29.9 Å². The molecular formula is C17H28Cl2N2O3. The molecule has 0 bridgehead atoms. The third-order valence-electron chi connectivity index (χ3n) is 4.04. The van der Waals surface area contributed by atoms with Gasteiger partial charge in [-0.25, -0.2) is 0 Å². The van der Waals surface area contributed by atoms with Crippen molar-refractivity contribution in [2.45, 2.75) is 39.7 Å². The summed E-state index contributed by atoms with van der Waals surface area (Å²) in [5.74, 6) is 0.850. The molecular weight excluding hydrogens is 351 g/mol. The zero-order valence-electron chi connectivity index (χ0n) is 14.9. The molecule has 138 valence electrons. The van der Waals surface area contributed by atoms with Gasteiger partial charge in [-0.1, -0.05) is 32.4 Å². The normalized spacial score (nSPS) is 13.0. The molecule has 5 nitrogen and oxygen atoms in total. The maximum atomic E-state index is 12.5. The van der Waals surface area contributed by atoms with Gasteiger partial charge in [0.15, 0.2) is 11.5 Å². The quantitative estimate of drug-likeness (QED) is 0.723. The van der Waals surface area contributed by atoms with Crippen LogP contribution in [0.15, 0.2) is 12.1 Å². The fourth-order valence-corrected chi connectivity index (χ4v) is 2.22. The predicted molar refractivity (Wildman–Crippen MR) is 101 cm³/mol. The molecule has 0 saturated heterocycles. The van der Waals surface area contributed by atoms with Gasteiger partial charge < -0.3 is 20.5 Å². The van der Waals surface area contributed by atoms with Crippen LogP contribution in [0, 0.1) is 5.92 Å². The van der Waals surface area contributed by atoms with Gasteiger partial charge >= 0.3 is 0 Å². The molecule has 0 aliphatic rings. The Bertz CT molecular complexity index is 553. The lowest BCUT2D eigenvalue weighted by molar-refractivity contribution is 0.0883. The standard InChI is InChI=1S/C17H27ClN2O3.ClH/c1-6-7-23-15-13(18)8-12(9-14(15)22-5)16(21)20-17(4,10-19)11(2)3;/h8-9,11H,6-7,10,19H2,1-5H3,(H,20,21);1H. The summed E-state index contributed by atoms with van der Waals surface area (Å²) >= 11 is 6.25. The number of hydrogen-bond donors (Lipinski definition) is 2. The lowest BCUT2D eigenvalue weighted by atomic mass is 9.88.